The van der Waals surface area contributed by atoms with Crippen molar-refractivity contribution in [3.63, 3.8) is 0 Å². The Kier molecular flexibility index (Phi) is 4.39. The summed E-state index contributed by atoms with van der Waals surface area (Å²) >= 11 is 0. The Balaban J connectivity index is 2.72. The van der Waals surface area contributed by atoms with Crippen LogP contribution >= 0.6 is 0 Å². The number of hydrogen-bond donors (Lipinski definition) is 1. The number of rotatable bonds is 4. The second-order valence-corrected chi connectivity index (χ2v) is 2.95. The Hall–Kier alpha value is -1.79. The van der Waals surface area contributed by atoms with Crippen LogP contribution in [0.3, 0.4) is 0 Å². The van der Waals surface area contributed by atoms with Crippen molar-refractivity contribution in [3.8, 4) is 12.3 Å². The van der Waals surface area contributed by atoms with Gasteiger partial charge in [0.15, 0.2) is 6.10 Å². The standard InChI is InChI=1S/C12H13NO2/c1-3-9-13-12(14)11(15-2)10-7-5-4-6-8-10/h1,4-8,11H,9H2,2H3,(H,13,14). The number of terminal acetylenes is 1. The number of carbonyl (C=O) groups is 1. The average molecular weight is 203 g/mol. The first-order valence-electron chi connectivity index (χ1n) is 4.58. The molecule has 15 heavy (non-hydrogen) atoms. The Morgan fingerprint density at radius 3 is 2.73 bits per heavy atom. The molecule has 0 aliphatic rings. The molecule has 0 aliphatic carbocycles. The fourth-order valence-corrected chi connectivity index (χ4v) is 1.25. The molecule has 1 N–H and O–H groups in total. The molecule has 1 aromatic rings. The molecule has 0 aliphatic heterocycles. The van der Waals surface area contributed by atoms with Crippen LogP contribution < -0.4 is 5.32 Å². The van der Waals surface area contributed by atoms with Gasteiger partial charge in [-0.2, -0.15) is 0 Å². The molecule has 0 aromatic heterocycles. The Labute approximate surface area is 89.4 Å². The zero-order valence-corrected chi connectivity index (χ0v) is 8.57. The summed E-state index contributed by atoms with van der Waals surface area (Å²) in [7, 11) is 1.49. The first-order chi connectivity index (χ1) is 7.29. The second-order valence-electron chi connectivity index (χ2n) is 2.95. The maximum Gasteiger partial charge on any atom is 0.254 e. The highest BCUT2D eigenvalue weighted by atomic mass is 16.5. The topological polar surface area (TPSA) is 38.3 Å². The van der Waals surface area contributed by atoms with Gasteiger partial charge in [0.1, 0.15) is 0 Å². The van der Waals surface area contributed by atoms with E-state index in [2.05, 4.69) is 11.2 Å². The van der Waals surface area contributed by atoms with Gasteiger partial charge in [0.25, 0.3) is 5.91 Å². The third kappa shape index (κ3) is 3.12. The summed E-state index contributed by atoms with van der Waals surface area (Å²) < 4.78 is 5.11. The molecule has 3 nitrogen and oxygen atoms in total. The molecule has 1 unspecified atom stereocenters. The van der Waals surface area contributed by atoms with Crippen LogP contribution in [0.25, 0.3) is 0 Å². The van der Waals surface area contributed by atoms with E-state index < -0.39 is 6.10 Å². The quantitative estimate of drug-likeness (QED) is 0.745. The van der Waals surface area contributed by atoms with E-state index in [0.717, 1.165) is 5.56 Å². The molecule has 0 saturated heterocycles. The zero-order valence-electron chi connectivity index (χ0n) is 8.57. The summed E-state index contributed by atoms with van der Waals surface area (Å²) in [6.45, 7) is 0.214. The van der Waals surface area contributed by atoms with E-state index in [1.807, 2.05) is 30.3 Å². The van der Waals surface area contributed by atoms with Crippen molar-refractivity contribution in [1.82, 2.24) is 5.32 Å². The van der Waals surface area contributed by atoms with Crippen molar-refractivity contribution in [3.05, 3.63) is 35.9 Å². The number of amides is 1. The van der Waals surface area contributed by atoms with Crippen molar-refractivity contribution in [2.75, 3.05) is 13.7 Å². The summed E-state index contributed by atoms with van der Waals surface area (Å²) in [5.74, 6) is 2.12. The molecule has 0 fully saturated rings. The highest BCUT2D eigenvalue weighted by molar-refractivity contribution is 5.82. The fraction of sp³-hybridized carbons (Fsp3) is 0.250. The van der Waals surface area contributed by atoms with Crippen molar-refractivity contribution < 1.29 is 9.53 Å². The summed E-state index contributed by atoms with van der Waals surface area (Å²) in [6.07, 6.45) is 4.45. The van der Waals surface area contributed by atoms with E-state index >= 15 is 0 Å². The second kappa shape index (κ2) is 5.84. The highest BCUT2D eigenvalue weighted by Gasteiger charge is 2.18. The van der Waals surface area contributed by atoms with E-state index in [4.69, 9.17) is 11.2 Å². The molecule has 0 saturated carbocycles. The molecule has 1 rings (SSSR count). The van der Waals surface area contributed by atoms with Crippen LogP contribution in [0.4, 0.5) is 0 Å². The van der Waals surface area contributed by atoms with Gasteiger partial charge in [-0.3, -0.25) is 4.79 Å². The SMILES string of the molecule is C#CCNC(=O)C(OC)c1ccccc1. The van der Waals surface area contributed by atoms with E-state index in [1.165, 1.54) is 7.11 Å². The van der Waals surface area contributed by atoms with Crippen molar-refractivity contribution in [1.29, 1.82) is 0 Å². The minimum atomic E-state index is -0.598. The molecular weight excluding hydrogens is 190 g/mol. The minimum Gasteiger partial charge on any atom is -0.367 e. The lowest BCUT2D eigenvalue weighted by atomic mass is 10.1. The van der Waals surface area contributed by atoms with E-state index in [9.17, 15) is 4.79 Å². The maximum atomic E-state index is 11.6. The van der Waals surface area contributed by atoms with Gasteiger partial charge in [0.05, 0.1) is 6.54 Å². The van der Waals surface area contributed by atoms with Crippen molar-refractivity contribution in [2.24, 2.45) is 0 Å². The summed E-state index contributed by atoms with van der Waals surface area (Å²) in [4.78, 5) is 11.6. The molecule has 0 bridgehead atoms. The minimum absolute atomic E-state index is 0.214. The van der Waals surface area contributed by atoms with E-state index in [1.54, 1.807) is 0 Å². The number of ether oxygens (including phenoxy) is 1. The van der Waals surface area contributed by atoms with Gasteiger partial charge in [-0.05, 0) is 5.56 Å². The van der Waals surface area contributed by atoms with Gasteiger partial charge in [-0.1, -0.05) is 36.3 Å². The largest absolute Gasteiger partial charge is 0.367 e. The average Bonchev–Trinajstić information content (AvgIpc) is 2.29. The van der Waals surface area contributed by atoms with Crippen molar-refractivity contribution in [2.45, 2.75) is 6.10 Å². The van der Waals surface area contributed by atoms with Gasteiger partial charge in [0.2, 0.25) is 0 Å². The number of methoxy groups -OCH3 is 1. The predicted octanol–water partition coefficient (Wildman–Crippen LogP) is 1.12. The Morgan fingerprint density at radius 2 is 2.20 bits per heavy atom. The summed E-state index contributed by atoms with van der Waals surface area (Å²) in [5.41, 5.74) is 0.814. The lowest BCUT2D eigenvalue weighted by molar-refractivity contribution is -0.131. The van der Waals surface area contributed by atoms with Crippen LogP contribution in [0.2, 0.25) is 0 Å². The van der Waals surface area contributed by atoms with Gasteiger partial charge in [-0.15, -0.1) is 6.42 Å². The van der Waals surface area contributed by atoms with Crippen LogP contribution in [-0.2, 0) is 9.53 Å². The number of benzene rings is 1. The van der Waals surface area contributed by atoms with Crippen molar-refractivity contribution >= 4 is 5.91 Å². The summed E-state index contributed by atoms with van der Waals surface area (Å²) in [6, 6.07) is 9.27. The van der Waals surface area contributed by atoms with Gasteiger partial charge >= 0.3 is 0 Å². The predicted molar refractivity (Wildman–Crippen MR) is 58.0 cm³/mol. The zero-order chi connectivity index (χ0) is 11.1. The lowest BCUT2D eigenvalue weighted by Crippen LogP contribution is -2.30. The molecular formula is C12H13NO2. The van der Waals surface area contributed by atoms with Gasteiger partial charge in [-0.25, -0.2) is 0 Å². The summed E-state index contributed by atoms with van der Waals surface area (Å²) in [5, 5.41) is 2.58. The first kappa shape index (κ1) is 11.3. The molecule has 1 atom stereocenters. The number of nitrogens with one attached hydrogen (secondary N) is 1. The highest BCUT2D eigenvalue weighted by Crippen LogP contribution is 2.15. The third-order valence-electron chi connectivity index (χ3n) is 1.94. The number of hydrogen-bond acceptors (Lipinski definition) is 2. The molecule has 1 aromatic carbocycles. The monoisotopic (exact) mass is 203 g/mol. The third-order valence-corrected chi connectivity index (χ3v) is 1.94. The fourth-order valence-electron chi connectivity index (χ4n) is 1.25. The van der Waals surface area contributed by atoms with Crippen LogP contribution in [0.15, 0.2) is 30.3 Å². The van der Waals surface area contributed by atoms with Gasteiger partial charge < -0.3 is 10.1 Å². The smallest absolute Gasteiger partial charge is 0.254 e. The first-order valence-corrected chi connectivity index (χ1v) is 4.58. The lowest BCUT2D eigenvalue weighted by Gasteiger charge is -2.14. The van der Waals surface area contributed by atoms with Crippen LogP contribution in [-0.4, -0.2) is 19.6 Å². The normalized spacial score (nSPS) is 11.5. The number of carbonyl (C=O) groups excluding carboxylic acids is 1. The van der Waals surface area contributed by atoms with Crippen LogP contribution in [0, 0.1) is 12.3 Å². The Morgan fingerprint density at radius 1 is 1.53 bits per heavy atom. The molecule has 1 amide bonds. The Bertz CT molecular complexity index is 354. The maximum absolute atomic E-state index is 11.6. The van der Waals surface area contributed by atoms with E-state index in [-0.39, 0.29) is 12.5 Å². The van der Waals surface area contributed by atoms with Crippen LogP contribution in [0.5, 0.6) is 0 Å². The molecule has 3 heteroatoms. The van der Waals surface area contributed by atoms with Crippen LogP contribution in [0.1, 0.15) is 11.7 Å². The van der Waals surface area contributed by atoms with E-state index in [0.29, 0.717) is 0 Å². The molecule has 0 spiro atoms. The molecule has 0 heterocycles. The molecule has 0 radical (unpaired) electrons. The van der Waals surface area contributed by atoms with Gasteiger partial charge in [0, 0.05) is 7.11 Å². The molecule has 78 valence electrons.